The van der Waals surface area contributed by atoms with Crippen LogP contribution < -0.4 is 10.2 Å². The summed E-state index contributed by atoms with van der Waals surface area (Å²) in [5.41, 5.74) is 2.69. The van der Waals surface area contributed by atoms with Gasteiger partial charge in [0.05, 0.1) is 6.61 Å². The number of hydrogen-bond acceptors (Lipinski definition) is 4. The normalized spacial score (nSPS) is 16.2. The van der Waals surface area contributed by atoms with Gasteiger partial charge in [-0.05, 0) is 31.2 Å². The Morgan fingerprint density at radius 3 is 2.45 bits per heavy atom. The van der Waals surface area contributed by atoms with E-state index < -0.39 is 0 Å². The molecule has 1 aliphatic heterocycles. The average Bonchev–Trinajstić information content (AvgIpc) is 2.55. The largest absolute Gasteiger partial charge is 0.380 e. The van der Waals surface area contributed by atoms with Crippen LogP contribution in [0.25, 0.3) is 0 Å². The first-order valence-corrected chi connectivity index (χ1v) is 8.60. The number of benzene rings is 1. The van der Waals surface area contributed by atoms with E-state index in [1.54, 1.807) is 0 Å². The van der Waals surface area contributed by atoms with Gasteiger partial charge in [0.25, 0.3) is 0 Å². The molecule has 1 heterocycles. The van der Waals surface area contributed by atoms with E-state index in [4.69, 9.17) is 4.74 Å². The maximum Gasteiger partial charge on any atom is 0.0591 e. The number of nitrogens with one attached hydrogen (secondary N) is 1. The van der Waals surface area contributed by atoms with Crippen molar-refractivity contribution in [1.82, 2.24) is 10.2 Å². The lowest BCUT2D eigenvalue weighted by molar-refractivity contribution is 0.133. The average molecular weight is 305 g/mol. The third-order valence-electron chi connectivity index (χ3n) is 4.20. The number of anilines is 1. The highest BCUT2D eigenvalue weighted by Gasteiger charge is 2.13. The predicted octanol–water partition coefficient (Wildman–Crippen LogP) is 2.34. The van der Waals surface area contributed by atoms with E-state index in [-0.39, 0.29) is 0 Å². The van der Waals surface area contributed by atoms with Crippen LogP contribution in [0.2, 0.25) is 0 Å². The molecule has 4 heteroatoms. The molecular weight excluding hydrogens is 274 g/mol. The maximum atomic E-state index is 5.55. The van der Waals surface area contributed by atoms with E-state index in [1.165, 1.54) is 17.7 Å². The van der Waals surface area contributed by atoms with Gasteiger partial charge in [-0.3, -0.25) is 0 Å². The van der Waals surface area contributed by atoms with Crippen molar-refractivity contribution in [1.29, 1.82) is 0 Å². The smallest absolute Gasteiger partial charge is 0.0591 e. The second kappa shape index (κ2) is 9.82. The number of hydrogen-bond donors (Lipinski definition) is 1. The molecule has 1 fully saturated rings. The fourth-order valence-electron chi connectivity index (χ4n) is 2.61. The molecule has 0 aromatic heterocycles. The highest BCUT2D eigenvalue weighted by molar-refractivity contribution is 5.48. The van der Waals surface area contributed by atoms with Gasteiger partial charge < -0.3 is 19.9 Å². The summed E-state index contributed by atoms with van der Waals surface area (Å²) >= 11 is 0. The van der Waals surface area contributed by atoms with Crippen molar-refractivity contribution in [2.45, 2.75) is 26.3 Å². The van der Waals surface area contributed by atoms with Gasteiger partial charge in [-0.1, -0.05) is 25.5 Å². The van der Waals surface area contributed by atoms with Crippen LogP contribution in [0.5, 0.6) is 0 Å². The Kier molecular flexibility index (Phi) is 7.71. The van der Waals surface area contributed by atoms with Crippen molar-refractivity contribution in [2.75, 3.05) is 57.9 Å². The lowest BCUT2D eigenvalue weighted by Gasteiger charge is -2.34. The fourth-order valence-corrected chi connectivity index (χ4v) is 2.61. The van der Waals surface area contributed by atoms with Crippen molar-refractivity contribution >= 4 is 5.69 Å². The molecule has 1 N–H and O–H groups in total. The van der Waals surface area contributed by atoms with Crippen LogP contribution in [-0.2, 0) is 11.3 Å². The van der Waals surface area contributed by atoms with Crippen LogP contribution in [-0.4, -0.2) is 57.9 Å². The zero-order chi connectivity index (χ0) is 15.6. The van der Waals surface area contributed by atoms with Gasteiger partial charge in [0.15, 0.2) is 0 Å². The Morgan fingerprint density at radius 2 is 1.77 bits per heavy atom. The van der Waals surface area contributed by atoms with Gasteiger partial charge in [-0.2, -0.15) is 0 Å². The van der Waals surface area contributed by atoms with Crippen LogP contribution in [0.1, 0.15) is 25.3 Å². The Morgan fingerprint density at radius 1 is 1.05 bits per heavy atom. The molecular formula is C18H31N3O. The van der Waals surface area contributed by atoms with Gasteiger partial charge >= 0.3 is 0 Å². The Hall–Kier alpha value is -1.10. The highest BCUT2D eigenvalue weighted by Crippen LogP contribution is 2.16. The lowest BCUT2D eigenvalue weighted by Crippen LogP contribution is -2.44. The molecule has 22 heavy (non-hydrogen) atoms. The molecule has 2 rings (SSSR count). The molecule has 1 aromatic rings. The highest BCUT2D eigenvalue weighted by atomic mass is 16.5. The van der Waals surface area contributed by atoms with E-state index in [0.717, 1.165) is 58.9 Å². The lowest BCUT2D eigenvalue weighted by atomic mass is 10.2. The molecule has 0 amide bonds. The molecule has 4 nitrogen and oxygen atoms in total. The van der Waals surface area contributed by atoms with Gasteiger partial charge in [-0.15, -0.1) is 0 Å². The van der Waals surface area contributed by atoms with Crippen molar-refractivity contribution < 1.29 is 4.74 Å². The van der Waals surface area contributed by atoms with E-state index in [2.05, 4.69) is 53.4 Å². The summed E-state index contributed by atoms with van der Waals surface area (Å²) < 4.78 is 5.55. The van der Waals surface area contributed by atoms with Crippen LogP contribution in [0, 0.1) is 0 Å². The quantitative estimate of drug-likeness (QED) is 0.709. The Labute approximate surface area is 135 Å². The molecule has 1 aliphatic rings. The molecule has 124 valence electrons. The number of likely N-dealkylation sites (N-methyl/N-ethyl adjacent to an activating group) is 1. The summed E-state index contributed by atoms with van der Waals surface area (Å²) in [4.78, 5) is 4.86. The Balaban J connectivity index is 1.64. The second-order valence-electron chi connectivity index (χ2n) is 6.10. The van der Waals surface area contributed by atoms with Gasteiger partial charge in [0.1, 0.15) is 0 Å². The molecule has 0 saturated carbocycles. The van der Waals surface area contributed by atoms with Crippen LogP contribution in [0.4, 0.5) is 5.69 Å². The van der Waals surface area contributed by atoms with Crippen LogP contribution >= 0.6 is 0 Å². The van der Waals surface area contributed by atoms with Crippen LogP contribution in [0.3, 0.4) is 0 Å². The van der Waals surface area contributed by atoms with E-state index in [1.807, 2.05) is 0 Å². The summed E-state index contributed by atoms with van der Waals surface area (Å²) in [6.45, 7) is 10.3. The van der Waals surface area contributed by atoms with E-state index in [0.29, 0.717) is 0 Å². The fraction of sp³-hybridized carbons (Fsp3) is 0.667. The second-order valence-corrected chi connectivity index (χ2v) is 6.10. The first kappa shape index (κ1) is 17.3. The van der Waals surface area contributed by atoms with Gasteiger partial charge in [-0.25, -0.2) is 0 Å². The summed E-state index contributed by atoms with van der Waals surface area (Å²) in [6, 6.07) is 8.97. The SMILES string of the molecule is CCCCOCCNCc1ccc(N2CCN(C)CC2)cc1. The first-order valence-electron chi connectivity index (χ1n) is 8.60. The zero-order valence-corrected chi connectivity index (χ0v) is 14.2. The van der Waals surface area contributed by atoms with Crippen molar-refractivity contribution in [2.24, 2.45) is 0 Å². The van der Waals surface area contributed by atoms with Crippen molar-refractivity contribution in [3.8, 4) is 0 Å². The molecule has 1 aromatic carbocycles. The standard InChI is InChI=1S/C18H31N3O/c1-3-4-14-22-15-9-19-16-17-5-7-18(8-6-17)21-12-10-20(2)11-13-21/h5-8,19H,3-4,9-16H2,1-2H3. The van der Waals surface area contributed by atoms with Crippen molar-refractivity contribution in [3.05, 3.63) is 29.8 Å². The maximum absolute atomic E-state index is 5.55. The molecule has 0 atom stereocenters. The number of piperazine rings is 1. The summed E-state index contributed by atoms with van der Waals surface area (Å²) in [7, 11) is 2.19. The summed E-state index contributed by atoms with van der Waals surface area (Å²) in [5, 5.41) is 3.44. The molecule has 0 bridgehead atoms. The molecule has 0 spiro atoms. The van der Waals surface area contributed by atoms with E-state index >= 15 is 0 Å². The summed E-state index contributed by atoms with van der Waals surface area (Å²) in [5.74, 6) is 0. The number of rotatable bonds is 9. The topological polar surface area (TPSA) is 27.7 Å². The molecule has 0 radical (unpaired) electrons. The third-order valence-corrected chi connectivity index (χ3v) is 4.20. The van der Waals surface area contributed by atoms with Crippen LogP contribution in [0.15, 0.2) is 24.3 Å². The molecule has 1 saturated heterocycles. The third kappa shape index (κ3) is 5.95. The van der Waals surface area contributed by atoms with Crippen molar-refractivity contribution in [3.63, 3.8) is 0 Å². The zero-order valence-electron chi connectivity index (χ0n) is 14.2. The number of unbranched alkanes of at least 4 members (excludes halogenated alkanes) is 1. The first-order chi connectivity index (χ1) is 10.8. The summed E-state index contributed by atoms with van der Waals surface area (Å²) in [6.07, 6.45) is 2.36. The number of ether oxygens (including phenoxy) is 1. The predicted molar refractivity (Wildman–Crippen MR) is 93.6 cm³/mol. The minimum atomic E-state index is 0.805. The Bertz CT molecular complexity index is 399. The minimum absolute atomic E-state index is 0.805. The monoisotopic (exact) mass is 305 g/mol. The number of nitrogens with zero attached hydrogens (tertiary/aromatic N) is 2. The molecule has 0 unspecified atom stereocenters. The molecule has 0 aliphatic carbocycles. The van der Waals surface area contributed by atoms with E-state index in [9.17, 15) is 0 Å². The van der Waals surface area contributed by atoms with Gasteiger partial charge in [0, 0.05) is 51.6 Å². The minimum Gasteiger partial charge on any atom is -0.380 e. The van der Waals surface area contributed by atoms with Gasteiger partial charge in [0.2, 0.25) is 0 Å².